The minimum absolute atomic E-state index is 0. The summed E-state index contributed by atoms with van der Waals surface area (Å²) in [6.07, 6.45) is 4.17. The number of aromatic nitrogens is 1. The molecule has 7 nitrogen and oxygen atoms in total. The van der Waals surface area contributed by atoms with Crippen molar-refractivity contribution in [3.05, 3.63) is 54.2 Å². The van der Waals surface area contributed by atoms with Crippen molar-refractivity contribution in [3.63, 3.8) is 0 Å². The number of nitrogens with one attached hydrogen (secondary N) is 1. The van der Waals surface area contributed by atoms with E-state index < -0.39 is 0 Å². The highest BCUT2D eigenvalue weighted by Gasteiger charge is 2.42. The fraction of sp³-hybridized carbons (Fsp3) is 0.500. The van der Waals surface area contributed by atoms with Crippen molar-refractivity contribution in [2.75, 3.05) is 46.1 Å². The van der Waals surface area contributed by atoms with Crippen molar-refractivity contribution in [3.8, 4) is 11.6 Å². The number of rotatable bonds is 8. The highest BCUT2D eigenvalue weighted by Crippen LogP contribution is 2.38. The van der Waals surface area contributed by atoms with E-state index in [0.717, 1.165) is 56.5 Å². The van der Waals surface area contributed by atoms with Gasteiger partial charge in [-0.2, -0.15) is 0 Å². The Morgan fingerprint density at radius 1 is 1.16 bits per heavy atom. The average Bonchev–Trinajstić information content (AvgIpc) is 3.45. The summed E-state index contributed by atoms with van der Waals surface area (Å²) < 4.78 is 17.0. The molecular formula is C24H33IN4O3. The first kappa shape index (κ1) is 24.6. The molecular weight excluding hydrogens is 519 g/mol. The Morgan fingerprint density at radius 3 is 2.72 bits per heavy atom. The maximum absolute atomic E-state index is 5.68. The topological polar surface area (TPSA) is 68.2 Å². The fourth-order valence-corrected chi connectivity index (χ4v) is 4.09. The summed E-state index contributed by atoms with van der Waals surface area (Å²) in [5.74, 6) is 2.41. The van der Waals surface area contributed by atoms with Crippen molar-refractivity contribution in [1.29, 1.82) is 0 Å². The zero-order valence-electron chi connectivity index (χ0n) is 18.7. The lowest BCUT2D eigenvalue weighted by Crippen LogP contribution is -2.41. The van der Waals surface area contributed by atoms with Crippen LogP contribution >= 0.6 is 24.0 Å². The van der Waals surface area contributed by atoms with E-state index in [2.05, 4.69) is 22.1 Å². The number of likely N-dealkylation sites (tertiary alicyclic amines) is 1. The molecule has 0 amide bonds. The van der Waals surface area contributed by atoms with E-state index in [4.69, 9.17) is 19.2 Å². The van der Waals surface area contributed by atoms with Crippen LogP contribution in [-0.4, -0.2) is 61.9 Å². The smallest absolute Gasteiger partial charge is 0.213 e. The third kappa shape index (κ3) is 6.71. The number of ether oxygens (including phenoxy) is 3. The second-order valence-corrected chi connectivity index (χ2v) is 8.16. The van der Waals surface area contributed by atoms with E-state index in [0.29, 0.717) is 31.1 Å². The van der Waals surface area contributed by atoms with Crippen LogP contribution in [0.3, 0.4) is 0 Å². The molecule has 1 aromatic heterocycles. The summed E-state index contributed by atoms with van der Waals surface area (Å²) in [5.41, 5.74) is 1.38. The SMILES string of the molecule is CCNC(=NCc1ccc(OCCOc2ccccc2)nc1)N1CCC2(CCOC2)C1.I. The number of halogens is 1. The second-order valence-electron chi connectivity index (χ2n) is 8.16. The Balaban J connectivity index is 0.00000289. The van der Waals surface area contributed by atoms with Crippen LogP contribution in [0.25, 0.3) is 0 Å². The van der Waals surface area contributed by atoms with Crippen LogP contribution in [0.2, 0.25) is 0 Å². The van der Waals surface area contributed by atoms with Gasteiger partial charge in [-0.05, 0) is 37.5 Å². The van der Waals surface area contributed by atoms with E-state index in [1.165, 1.54) is 6.42 Å². The van der Waals surface area contributed by atoms with Crippen molar-refractivity contribution in [2.45, 2.75) is 26.3 Å². The quantitative estimate of drug-likeness (QED) is 0.233. The number of guanidine groups is 1. The van der Waals surface area contributed by atoms with Gasteiger partial charge in [0, 0.05) is 43.9 Å². The molecule has 0 aliphatic carbocycles. The van der Waals surface area contributed by atoms with E-state index in [1.54, 1.807) is 0 Å². The molecule has 1 unspecified atom stereocenters. The van der Waals surface area contributed by atoms with Crippen LogP contribution < -0.4 is 14.8 Å². The van der Waals surface area contributed by atoms with Crippen LogP contribution in [0.4, 0.5) is 0 Å². The number of para-hydroxylation sites is 1. The molecule has 8 heteroatoms. The molecule has 174 valence electrons. The van der Waals surface area contributed by atoms with Crippen LogP contribution in [-0.2, 0) is 11.3 Å². The van der Waals surface area contributed by atoms with E-state index in [-0.39, 0.29) is 24.0 Å². The first-order chi connectivity index (χ1) is 15.3. The third-order valence-corrected chi connectivity index (χ3v) is 5.81. The number of benzene rings is 1. The predicted octanol–water partition coefficient (Wildman–Crippen LogP) is 3.74. The molecule has 3 heterocycles. The molecule has 1 aromatic carbocycles. The van der Waals surface area contributed by atoms with Crippen LogP contribution in [0.5, 0.6) is 11.6 Å². The molecule has 32 heavy (non-hydrogen) atoms. The maximum atomic E-state index is 5.68. The number of nitrogens with zero attached hydrogens (tertiary/aromatic N) is 3. The first-order valence-corrected chi connectivity index (χ1v) is 11.1. The Bertz CT molecular complexity index is 842. The van der Waals surface area contributed by atoms with Gasteiger partial charge in [0.1, 0.15) is 19.0 Å². The second kappa shape index (κ2) is 12.2. The monoisotopic (exact) mass is 552 g/mol. The molecule has 4 rings (SSSR count). The molecule has 1 atom stereocenters. The Hall–Kier alpha value is -2.07. The van der Waals surface area contributed by atoms with Gasteiger partial charge in [-0.3, -0.25) is 0 Å². The van der Waals surface area contributed by atoms with E-state index in [1.807, 2.05) is 48.7 Å². The molecule has 2 aliphatic heterocycles. The van der Waals surface area contributed by atoms with Crippen molar-refractivity contribution >= 4 is 29.9 Å². The van der Waals surface area contributed by atoms with Gasteiger partial charge in [0.25, 0.3) is 0 Å². The normalized spacial score (nSPS) is 20.3. The summed E-state index contributed by atoms with van der Waals surface area (Å²) in [7, 11) is 0. The minimum atomic E-state index is 0. The van der Waals surface area contributed by atoms with Gasteiger partial charge in [-0.1, -0.05) is 24.3 Å². The Morgan fingerprint density at radius 2 is 2.00 bits per heavy atom. The zero-order valence-corrected chi connectivity index (χ0v) is 21.0. The summed E-state index contributed by atoms with van der Waals surface area (Å²) in [6.45, 7) is 8.30. The fourth-order valence-electron chi connectivity index (χ4n) is 4.09. The van der Waals surface area contributed by atoms with Gasteiger partial charge in [-0.15, -0.1) is 24.0 Å². The number of hydrogen-bond acceptors (Lipinski definition) is 5. The summed E-state index contributed by atoms with van der Waals surface area (Å²) in [6, 6.07) is 13.6. The first-order valence-electron chi connectivity index (χ1n) is 11.1. The lowest BCUT2D eigenvalue weighted by Gasteiger charge is -2.25. The van der Waals surface area contributed by atoms with Gasteiger partial charge in [0.2, 0.25) is 5.88 Å². The maximum Gasteiger partial charge on any atom is 0.213 e. The van der Waals surface area contributed by atoms with Crippen LogP contribution in [0, 0.1) is 5.41 Å². The summed E-state index contributed by atoms with van der Waals surface area (Å²) >= 11 is 0. The number of pyridine rings is 1. The molecule has 0 radical (unpaired) electrons. The largest absolute Gasteiger partial charge is 0.490 e. The van der Waals surface area contributed by atoms with E-state index in [9.17, 15) is 0 Å². The number of hydrogen-bond donors (Lipinski definition) is 1. The average molecular weight is 552 g/mol. The molecule has 2 fully saturated rings. The van der Waals surface area contributed by atoms with Crippen molar-refractivity contribution in [2.24, 2.45) is 10.4 Å². The van der Waals surface area contributed by atoms with Crippen LogP contribution in [0.15, 0.2) is 53.7 Å². The summed E-state index contributed by atoms with van der Waals surface area (Å²) in [5, 5.41) is 3.44. The minimum Gasteiger partial charge on any atom is -0.490 e. The molecule has 0 saturated carbocycles. The highest BCUT2D eigenvalue weighted by atomic mass is 127. The molecule has 1 N–H and O–H groups in total. The lowest BCUT2D eigenvalue weighted by molar-refractivity contribution is 0.156. The Kier molecular flexibility index (Phi) is 9.40. The standard InChI is InChI=1S/C24H32N4O3.HI/c1-2-25-23(28-12-10-24(18-28)11-13-29-19-24)27-17-20-8-9-22(26-16-20)31-15-14-30-21-6-4-3-5-7-21;/h3-9,16H,2,10-15,17-19H2,1H3,(H,25,27);1H. The molecule has 0 bridgehead atoms. The lowest BCUT2D eigenvalue weighted by atomic mass is 9.87. The van der Waals surface area contributed by atoms with Gasteiger partial charge < -0.3 is 24.4 Å². The third-order valence-electron chi connectivity index (χ3n) is 5.81. The molecule has 2 saturated heterocycles. The highest BCUT2D eigenvalue weighted by molar-refractivity contribution is 14.0. The molecule has 1 spiro atoms. The zero-order chi connectivity index (χ0) is 21.4. The molecule has 2 aromatic rings. The van der Waals surface area contributed by atoms with Crippen molar-refractivity contribution in [1.82, 2.24) is 15.2 Å². The van der Waals surface area contributed by atoms with Gasteiger partial charge in [0.05, 0.1) is 13.2 Å². The predicted molar refractivity (Wildman–Crippen MR) is 136 cm³/mol. The van der Waals surface area contributed by atoms with Crippen molar-refractivity contribution < 1.29 is 14.2 Å². The summed E-state index contributed by atoms with van der Waals surface area (Å²) in [4.78, 5) is 11.6. The number of aliphatic imine (C=N–C) groups is 1. The van der Waals surface area contributed by atoms with Gasteiger partial charge >= 0.3 is 0 Å². The van der Waals surface area contributed by atoms with Crippen LogP contribution in [0.1, 0.15) is 25.3 Å². The Labute approximate surface area is 207 Å². The van der Waals surface area contributed by atoms with E-state index >= 15 is 0 Å². The van der Waals surface area contributed by atoms with Gasteiger partial charge in [-0.25, -0.2) is 9.98 Å². The molecule has 2 aliphatic rings. The van der Waals surface area contributed by atoms with Gasteiger partial charge in [0.15, 0.2) is 5.96 Å².